The first-order valence-corrected chi connectivity index (χ1v) is 5.65. The minimum Gasteiger partial charge on any atom is -0.468 e. The Labute approximate surface area is 109 Å². The fourth-order valence-corrected chi connectivity index (χ4v) is 1.81. The first-order valence-electron chi connectivity index (χ1n) is 5.65. The number of rotatable bonds is 3. The standard InChI is InChI=1S/C13H12N2O4/c1-19-11(16)7-15-13(18)10-6-14-12(17)9-5-3-2-4-8(9)10/h2-6,10H,7H2,1H3,(H,15,18). The number of carbonyl (C=O) groups excluding carboxylic acids is 3. The molecule has 2 rings (SSSR count). The summed E-state index contributed by atoms with van der Waals surface area (Å²) in [4.78, 5) is 38.2. The second-order valence-corrected chi connectivity index (χ2v) is 3.94. The van der Waals surface area contributed by atoms with Gasteiger partial charge in [-0.05, 0) is 11.6 Å². The molecule has 6 nitrogen and oxygen atoms in total. The molecule has 1 aromatic rings. The number of nitrogens with one attached hydrogen (secondary N) is 1. The van der Waals surface area contributed by atoms with Gasteiger partial charge in [-0.15, -0.1) is 0 Å². The van der Waals surface area contributed by atoms with Gasteiger partial charge in [0.05, 0.1) is 13.0 Å². The van der Waals surface area contributed by atoms with Crippen molar-refractivity contribution in [1.29, 1.82) is 0 Å². The number of carbonyl (C=O) groups is 3. The van der Waals surface area contributed by atoms with Gasteiger partial charge in [0.15, 0.2) is 0 Å². The average Bonchev–Trinajstić information content (AvgIpc) is 2.45. The topological polar surface area (TPSA) is 84.8 Å². The number of aliphatic imine (C=N–C) groups is 1. The van der Waals surface area contributed by atoms with E-state index in [1.165, 1.54) is 13.3 Å². The molecule has 0 aliphatic carbocycles. The molecule has 2 amide bonds. The Morgan fingerprint density at radius 2 is 2.11 bits per heavy atom. The zero-order chi connectivity index (χ0) is 13.8. The van der Waals surface area contributed by atoms with Crippen molar-refractivity contribution in [3.63, 3.8) is 0 Å². The summed E-state index contributed by atoms with van der Waals surface area (Å²) in [5.74, 6) is -1.97. The van der Waals surface area contributed by atoms with Gasteiger partial charge in [0.25, 0.3) is 5.91 Å². The molecule has 6 heteroatoms. The fraction of sp³-hybridized carbons (Fsp3) is 0.231. The minimum atomic E-state index is -0.668. The van der Waals surface area contributed by atoms with Crippen molar-refractivity contribution in [2.24, 2.45) is 4.99 Å². The molecule has 19 heavy (non-hydrogen) atoms. The average molecular weight is 260 g/mol. The van der Waals surface area contributed by atoms with Gasteiger partial charge in [-0.2, -0.15) is 0 Å². The summed E-state index contributed by atoms with van der Waals surface area (Å²) in [7, 11) is 1.24. The van der Waals surface area contributed by atoms with E-state index in [0.717, 1.165) is 0 Å². The van der Waals surface area contributed by atoms with E-state index >= 15 is 0 Å². The van der Waals surface area contributed by atoms with Crippen LogP contribution in [0.25, 0.3) is 0 Å². The summed E-state index contributed by atoms with van der Waals surface area (Å²) in [6.07, 6.45) is 1.29. The molecule has 0 saturated heterocycles. The summed E-state index contributed by atoms with van der Waals surface area (Å²) in [5, 5.41) is 2.44. The highest BCUT2D eigenvalue weighted by Gasteiger charge is 2.27. The van der Waals surface area contributed by atoms with Gasteiger partial charge in [-0.1, -0.05) is 18.2 Å². The molecule has 0 aromatic heterocycles. The summed E-state index contributed by atoms with van der Waals surface area (Å²) < 4.78 is 4.43. The SMILES string of the molecule is COC(=O)CNC(=O)C1C=NC(=O)c2ccccc21. The van der Waals surface area contributed by atoms with Crippen molar-refractivity contribution in [3.05, 3.63) is 35.4 Å². The number of methoxy groups -OCH3 is 1. The van der Waals surface area contributed by atoms with Gasteiger partial charge >= 0.3 is 5.97 Å². The first-order chi connectivity index (χ1) is 9.13. The van der Waals surface area contributed by atoms with E-state index in [1.54, 1.807) is 24.3 Å². The van der Waals surface area contributed by atoms with Crippen LogP contribution >= 0.6 is 0 Å². The van der Waals surface area contributed by atoms with Crippen LogP contribution in [0.3, 0.4) is 0 Å². The highest BCUT2D eigenvalue weighted by molar-refractivity contribution is 6.12. The lowest BCUT2D eigenvalue weighted by Crippen LogP contribution is -2.36. The molecular weight excluding hydrogens is 248 g/mol. The highest BCUT2D eigenvalue weighted by Crippen LogP contribution is 2.23. The van der Waals surface area contributed by atoms with Crippen LogP contribution in [0.1, 0.15) is 21.8 Å². The number of hydrogen-bond acceptors (Lipinski definition) is 4. The number of benzene rings is 1. The molecule has 0 bridgehead atoms. The Balaban J connectivity index is 2.17. The Morgan fingerprint density at radius 3 is 2.84 bits per heavy atom. The van der Waals surface area contributed by atoms with Crippen molar-refractivity contribution in [3.8, 4) is 0 Å². The van der Waals surface area contributed by atoms with Crippen molar-refractivity contribution >= 4 is 24.0 Å². The Morgan fingerprint density at radius 1 is 1.37 bits per heavy atom. The van der Waals surface area contributed by atoms with Crippen LogP contribution in [0.15, 0.2) is 29.3 Å². The number of amides is 2. The predicted molar refractivity (Wildman–Crippen MR) is 67.0 cm³/mol. The maximum atomic E-state index is 12.0. The third kappa shape index (κ3) is 2.67. The van der Waals surface area contributed by atoms with Crippen molar-refractivity contribution < 1.29 is 19.1 Å². The quantitative estimate of drug-likeness (QED) is 0.791. The van der Waals surface area contributed by atoms with Crippen LogP contribution in [0.5, 0.6) is 0 Å². The Kier molecular flexibility index (Phi) is 3.70. The van der Waals surface area contributed by atoms with E-state index in [4.69, 9.17) is 0 Å². The van der Waals surface area contributed by atoms with E-state index in [1.807, 2.05) is 0 Å². The highest BCUT2D eigenvalue weighted by atomic mass is 16.5. The van der Waals surface area contributed by atoms with Gasteiger partial charge in [0, 0.05) is 11.8 Å². The number of fused-ring (bicyclic) bond motifs is 1. The van der Waals surface area contributed by atoms with Crippen LogP contribution in [0, 0.1) is 0 Å². The summed E-state index contributed by atoms with van der Waals surface area (Å²) in [5.41, 5.74) is 0.994. The summed E-state index contributed by atoms with van der Waals surface area (Å²) in [6.45, 7) is -0.213. The van der Waals surface area contributed by atoms with Crippen LogP contribution in [0.4, 0.5) is 0 Å². The zero-order valence-corrected chi connectivity index (χ0v) is 10.3. The Bertz CT molecular complexity index is 566. The van der Waals surface area contributed by atoms with Crippen LogP contribution in [-0.2, 0) is 14.3 Å². The third-order valence-corrected chi connectivity index (χ3v) is 2.78. The monoisotopic (exact) mass is 260 g/mol. The lowest BCUT2D eigenvalue weighted by atomic mass is 9.92. The molecule has 1 aromatic carbocycles. The summed E-state index contributed by atoms with van der Waals surface area (Å²) in [6, 6.07) is 6.77. The number of nitrogens with zero attached hydrogens (tertiary/aromatic N) is 1. The molecule has 0 fully saturated rings. The zero-order valence-electron chi connectivity index (χ0n) is 10.3. The molecule has 1 heterocycles. The second-order valence-electron chi connectivity index (χ2n) is 3.94. The van der Waals surface area contributed by atoms with Gasteiger partial charge in [0.1, 0.15) is 6.54 Å². The molecule has 0 spiro atoms. The lowest BCUT2D eigenvalue weighted by Gasteiger charge is -2.18. The van der Waals surface area contributed by atoms with Crippen molar-refractivity contribution in [1.82, 2.24) is 5.32 Å². The van der Waals surface area contributed by atoms with Gasteiger partial charge in [0.2, 0.25) is 5.91 Å². The molecule has 1 unspecified atom stereocenters. The lowest BCUT2D eigenvalue weighted by molar-refractivity contribution is -0.141. The molecular formula is C13H12N2O4. The van der Waals surface area contributed by atoms with Gasteiger partial charge in [-0.25, -0.2) is 4.99 Å². The number of hydrogen-bond donors (Lipinski definition) is 1. The normalized spacial score (nSPS) is 16.7. The number of esters is 1. The predicted octanol–water partition coefficient (Wildman–Crippen LogP) is 0.284. The third-order valence-electron chi connectivity index (χ3n) is 2.78. The van der Waals surface area contributed by atoms with E-state index in [-0.39, 0.29) is 12.5 Å². The van der Waals surface area contributed by atoms with Crippen molar-refractivity contribution in [2.45, 2.75) is 5.92 Å². The molecule has 1 aliphatic heterocycles. The van der Waals surface area contributed by atoms with E-state index < -0.39 is 17.8 Å². The van der Waals surface area contributed by atoms with E-state index in [0.29, 0.717) is 11.1 Å². The molecule has 0 saturated carbocycles. The van der Waals surface area contributed by atoms with Crippen LogP contribution in [0.2, 0.25) is 0 Å². The second kappa shape index (κ2) is 5.43. The Hall–Kier alpha value is -2.50. The maximum Gasteiger partial charge on any atom is 0.325 e. The largest absolute Gasteiger partial charge is 0.468 e. The molecule has 1 N–H and O–H groups in total. The van der Waals surface area contributed by atoms with Crippen LogP contribution in [-0.4, -0.2) is 37.7 Å². The molecule has 0 radical (unpaired) electrons. The summed E-state index contributed by atoms with van der Waals surface area (Å²) >= 11 is 0. The van der Waals surface area contributed by atoms with E-state index in [2.05, 4.69) is 15.0 Å². The van der Waals surface area contributed by atoms with Crippen LogP contribution < -0.4 is 5.32 Å². The minimum absolute atomic E-state index is 0.213. The van der Waals surface area contributed by atoms with Gasteiger partial charge < -0.3 is 10.1 Å². The molecule has 98 valence electrons. The first kappa shape index (κ1) is 12.9. The smallest absolute Gasteiger partial charge is 0.325 e. The van der Waals surface area contributed by atoms with E-state index in [9.17, 15) is 14.4 Å². The maximum absolute atomic E-state index is 12.0. The molecule has 1 aliphatic rings. The molecule has 1 atom stereocenters. The van der Waals surface area contributed by atoms with Crippen molar-refractivity contribution in [2.75, 3.05) is 13.7 Å². The number of ether oxygens (including phenoxy) is 1. The fourth-order valence-electron chi connectivity index (χ4n) is 1.81. The van der Waals surface area contributed by atoms with Gasteiger partial charge in [-0.3, -0.25) is 14.4 Å².